The molecular weight excluding hydrogens is 467 g/mol. The van der Waals surface area contributed by atoms with Crippen molar-refractivity contribution in [3.63, 3.8) is 0 Å². The molecule has 0 bridgehead atoms. The number of hydrogen-bond acceptors (Lipinski definition) is 7. The van der Waals surface area contributed by atoms with Crippen molar-refractivity contribution in [2.75, 3.05) is 5.32 Å². The molecule has 34 heavy (non-hydrogen) atoms. The summed E-state index contributed by atoms with van der Waals surface area (Å²) in [5.41, 5.74) is 0.291. The number of anilines is 1. The van der Waals surface area contributed by atoms with Crippen LogP contribution in [0.2, 0.25) is 5.02 Å². The molecule has 0 saturated heterocycles. The van der Waals surface area contributed by atoms with Crippen LogP contribution in [0.15, 0.2) is 52.4 Å². The fourth-order valence-corrected chi connectivity index (χ4v) is 4.16. The summed E-state index contributed by atoms with van der Waals surface area (Å²) < 4.78 is 21.2. The minimum absolute atomic E-state index is 0.190. The van der Waals surface area contributed by atoms with Crippen LogP contribution in [-0.4, -0.2) is 35.5 Å². The summed E-state index contributed by atoms with van der Waals surface area (Å²) in [5.74, 6) is -2.96. The number of nitrogens with zero attached hydrogens (tertiary/aromatic N) is 5. The van der Waals surface area contributed by atoms with Crippen molar-refractivity contribution >= 4 is 23.2 Å². The normalized spacial score (nSPS) is 13.0. The lowest BCUT2D eigenvalue weighted by Crippen LogP contribution is -2.29. The summed E-state index contributed by atoms with van der Waals surface area (Å²) in [5, 5.41) is 20.7. The van der Waals surface area contributed by atoms with Crippen LogP contribution >= 0.6 is 11.6 Å². The zero-order valence-electron chi connectivity index (χ0n) is 18.4. The van der Waals surface area contributed by atoms with Crippen molar-refractivity contribution in [1.82, 2.24) is 24.5 Å². The van der Waals surface area contributed by atoms with Gasteiger partial charge in [0.1, 0.15) is 23.6 Å². The molecule has 0 aliphatic rings. The van der Waals surface area contributed by atoms with Crippen LogP contribution in [0.1, 0.15) is 46.2 Å². The molecule has 2 N–H and O–H groups in total. The first-order chi connectivity index (χ1) is 16.2. The quantitative estimate of drug-likeness (QED) is 0.428. The first kappa shape index (κ1) is 23.2. The van der Waals surface area contributed by atoms with E-state index in [4.69, 9.17) is 11.6 Å². The SMILES string of the molecule is C[C@H](c1nc(C(=O)Nc2cnoc2)c(O)c(=O)n1C)[C@H](c1cnn(C)c1)c1ccc(F)cc1Cl. The smallest absolute Gasteiger partial charge is 0.296 e. The Morgan fingerprint density at radius 2 is 2.06 bits per heavy atom. The minimum atomic E-state index is -0.815. The van der Waals surface area contributed by atoms with Crippen molar-refractivity contribution in [3.8, 4) is 5.75 Å². The van der Waals surface area contributed by atoms with Gasteiger partial charge in [0.25, 0.3) is 11.5 Å². The highest BCUT2D eigenvalue weighted by Gasteiger charge is 2.31. The molecule has 0 unspecified atom stereocenters. The maximum Gasteiger partial charge on any atom is 0.296 e. The first-order valence-electron chi connectivity index (χ1n) is 10.1. The van der Waals surface area contributed by atoms with Gasteiger partial charge in [-0.15, -0.1) is 0 Å². The minimum Gasteiger partial charge on any atom is -0.501 e. The molecule has 10 nitrogen and oxygen atoms in total. The van der Waals surface area contributed by atoms with Gasteiger partial charge in [0, 0.05) is 37.2 Å². The van der Waals surface area contributed by atoms with Gasteiger partial charge >= 0.3 is 0 Å². The zero-order chi connectivity index (χ0) is 24.6. The zero-order valence-corrected chi connectivity index (χ0v) is 19.1. The highest BCUT2D eigenvalue weighted by molar-refractivity contribution is 6.31. The maximum atomic E-state index is 13.8. The maximum absolute atomic E-state index is 13.8. The Morgan fingerprint density at radius 1 is 1.29 bits per heavy atom. The molecule has 176 valence electrons. The molecule has 0 aliphatic heterocycles. The van der Waals surface area contributed by atoms with E-state index in [1.54, 1.807) is 37.1 Å². The Labute approximate surface area is 197 Å². The van der Waals surface area contributed by atoms with E-state index < -0.39 is 40.6 Å². The van der Waals surface area contributed by atoms with Crippen LogP contribution in [0.4, 0.5) is 10.1 Å². The van der Waals surface area contributed by atoms with Crippen molar-refractivity contribution in [2.24, 2.45) is 14.1 Å². The molecule has 1 aromatic carbocycles. The molecule has 3 heterocycles. The molecule has 0 aliphatic carbocycles. The largest absolute Gasteiger partial charge is 0.501 e. The standard InChI is InChI=1S/C22H20ClFN6O4/c1-11(17(12-7-25-29(2)9-12)15-5-4-13(24)6-16(15)23)20-28-18(19(31)22(33)30(20)3)21(32)27-14-8-26-34-10-14/h4-11,17,31H,1-3H3,(H,27,32)/t11-,17+/m0/s1. The number of aromatic hydroxyl groups is 1. The molecule has 0 saturated carbocycles. The summed E-state index contributed by atoms with van der Waals surface area (Å²) in [4.78, 5) is 29.9. The van der Waals surface area contributed by atoms with Crippen molar-refractivity contribution < 1.29 is 18.8 Å². The second kappa shape index (κ2) is 9.10. The highest BCUT2D eigenvalue weighted by Crippen LogP contribution is 2.40. The summed E-state index contributed by atoms with van der Waals surface area (Å²) in [6.07, 6.45) is 5.86. The van der Waals surface area contributed by atoms with Crippen LogP contribution in [0, 0.1) is 5.82 Å². The van der Waals surface area contributed by atoms with Gasteiger partial charge in [-0.05, 0) is 23.3 Å². The van der Waals surface area contributed by atoms with E-state index in [0.29, 0.717) is 5.56 Å². The van der Waals surface area contributed by atoms with Gasteiger partial charge in [-0.25, -0.2) is 9.37 Å². The average molecular weight is 487 g/mol. The van der Waals surface area contributed by atoms with Gasteiger partial charge in [-0.1, -0.05) is 29.7 Å². The van der Waals surface area contributed by atoms with E-state index >= 15 is 0 Å². The fraction of sp³-hybridized carbons (Fsp3) is 0.227. The number of carbonyl (C=O) groups is 1. The lowest BCUT2D eigenvalue weighted by atomic mass is 9.82. The molecule has 0 radical (unpaired) electrons. The van der Waals surface area contributed by atoms with Gasteiger partial charge in [-0.3, -0.25) is 18.8 Å². The third-order valence-electron chi connectivity index (χ3n) is 5.50. The molecule has 4 aromatic rings. The third-order valence-corrected chi connectivity index (χ3v) is 5.82. The Bertz CT molecular complexity index is 1420. The lowest BCUT2D eigenvalue weighted by Gasteiger charge is -2.26. The number of aryl methyl sites for hydroxylation is 1. The highest BCUT2D eigenvalue weighted by atomic mass is 35.5. The lowest BCUT2D eigenvalue weighted by molar-refractivity contribution is 0.101. The van der Waals surface area contributed by atoms with Gasteiger partial charge in [-0.2, -0.15) is 5.10 Å². The van der Waals surface area contributed by atoms with E-state index in [9.17, 15) is 19.1 Å². The summed E-state index contributed by atoms with van der Waals surface area (Å²) in [6.45, 7) is 1.79. The van der Waals surface area contributed by atoms with Gasteiger partial charge < -0.3 is 14.9 Å². The summed E-state index contributed by atoms with van der Waals surface area (Å²) in [7, 11) is 3.19. The fourth-order valence-electron chi connectivity index (χ4n) is 3.87. The van der Waals surface area contributed by atoms with Crippen LogP contribution in [-0.2, 0) is 14.1 Å². The van der Waals surface area contributed by atoms with Crippen LogP contribution < -0.4 is 10.9 Å². The number of hydrogen-bond donors (Lipinski definition) is 2. The van der Waals surface area contributed by atoms with Crippen molar-refractivity contribution in [2.45, 2.75) is 18.8 Å². The molecule has 4 rings (SSSR count). The number of aromatic nitrogens is 5. The molecule has 12 heteroatoms. The van der Waals surface area contributed by atoms with Crippen molar-refractivity contribution in [1.29, 1.82) is 0 Å². The predicted octanol–water partition coefficient (Wildman–Crippen LogP) is 3.19. The van der Waals surface area contributed by atoms with E-state index in [1.807, 2.05) is 0 Å². The molecule has 0 spiro atoms. The van der Waals surface area contributed by atoms with Gasteiger partial charge in [0.2, 0.25) is 5.75 Å². The Kier molecular flexibility index (Phi) is 6.20. The molecular formula is C22H20ClFN6O4. The molecule has 3 aromatic heterocycles. The van der Waals surface area contributed by atoms with E-state index in [0.717, 1.165) is 10.1 Å². The van der Waals surface area contributed by atoms with Crippen molar-refractivity contribution in [3.05, 3.63) is 86.9 Å². The van der Waals surface area contributed by atoms with Gasteiger partial charge in [0.05, 0.1) is 12.4 Å². The number of rotatable bonds is 6. The number of nitrogens with one attached hydrogen (secondary N) is 1. The van der Waals surface area contributed by atoms with E-state index in [1.165, 1.54) is 31.6 Å². The molecule has 2 atom stereocenters. The first-order valence-corrected chi connectivity index (χ1v) is 10.5. The third kappa shape index (κ3) is 4.29. The Hall–Kier alpha value is -3.99. The number of benzene rings is 1. The van der Waals surface area contributed by atoms with E-state index in [2.05, 4.69) is 25.1 Å². The van der Waals surface area contributed by atoms with E-state index in [-0.39, 0.29) is 16.5 Å². The topological polar surface area (TPSA) is 128 Å². The van der Waals surface area contributed by atoms with Crippen LogP contribution in [0.25, 0.3) is 0 Å². The average Bonchev–Trinajstić information content (AvgIpc) is 3.45. The van der Waals surface area contributed by atoms with Crippen LogP contribution in [0.5, 0.6) is 5.75 Å². The second-order valence-electron chi connectivity index (χ2n) is 7.78. The Morgan fingerprint density at radius 3 is 2.68 bits per heavy atom. The molecule has 0 fully saturated rings. The monoisotopic (exact) mass is 486 g/mol. The number of amides is 1. The Balaban J connectivity index is 1.84. The van der Waals surface area contributed by atoms with Crippen LogP contribution in [0.3, 0.4) is 0 Å². The van der Waals surface area contributed by atoms with Gasteiger partial charge in [0.15, 0.2) is 5.69 Å². The number of carbonyl (C=O) groups excluding carboxylic acids is 1. The number of halogens is 2. The molecule has 1 amide bonds. The second-order valence-corrected chi connectivity index (χ2v) is 8.19. The summed E-state index contributed by atoms with van der Waals surface area (Å²) in [6, 6.07) is 4.05. The predicted molar refractivity (Wildman–Crippen MR) is 120 cm³/mol. The summed E-state index contributed by atoms with van der Waals surface area (Å²) >= 11 is 6.39.